The largest absolute Gasteiger partial charge is 0.416 e. The van der Waals surface area contributed by atoms with Crippen LogP contribution in [-0.2, 0) is 30.1 Å². The molecule has 1 aliphatic carbocycles. The molecule has 1 aliphatic rings. The van der Waals surface area contributed by atoms with Crippen molar-refractivity contribution in [2.75, 3.05) is 0 Å². The highest BCUT2D eigenvalue weighted by molar-refractivity contribution is 5.38. The van der Waals surface area contributed by atoms with Crippen molar-refractivity contribution in [2.24, 2.45) is 5.73 Å². The van der Waals surface area contributed by atoms with Gasteiger partial charge in [-0.2, -0.15) is 26.3 Å². The molecule has 3 atom stereocenters. The number of benzene rings is 2. The van der Waals surface area contributed by atoms with E-state index in [1.165, 1.54) is 31.2 Å². The second-order valence-corrected chi connectivity index (χ2v) is 8.97. The minimum atomic E-state index is -4.98. The lowest BCUT2D eigenvalue weighted by atomic mass is 9.78. The molecule has 0 saturated heterocycles. The van der Waals surface area contributed by atoms with Gasteiger partial charge in [0, 0.05) is 28.7 Å². The molecule has 1 heterocycles. The van der Waals surface area contributed by atoms with Crippen molar-refractivity contribution in [2.45, 2.75) is 56.8 Å². The first-order valence-electron chi connectivity index (χ1n) is 11.5. The summed E-state index contributed by atoms with van der Waals surface area (Å²) in [7, 11) is 0. The van der Waals surface area contributed by atoms with E-state index in [1.807, 2.05) is 0 Å². The van der Waals surface area contributed by atoms with E-state index in [0.717, 1.165) is 4.73 Å². The normalized spacial score (nSPS) is 18.9. The fourth-order valence-electron chi connectivity index (χ4n) is 4.75. The van der Waals surface area contributed by atoms with Crippen molar-refractivity contribution < 1.29 is 45.4 Å². The summed E-state index contributed by atoms with van der Waals surface area (Å²) in [6.45, 7) is 1.45. The zero-order chi connectivity index (χ0) is 27.1. The number of halogens is 7. The van der Waals surface area contributed by atoms with Crippen molar-refractivity contribution >= 4 is 0 Å². The van der Waals surface area contributed by atoms with Gasteiger partial charge in [0.1, 0.15) is 5.82 Å². The molecular weight excluding hydrogens is 505 g/mol. The molecule has 0 radical (unpaired) electrons. The van der Waals surface area contributed by atoms with Crippen LogP contribution < -0.4 is 10.5 Å². The van der Waals surface area contributed by atoms with Gasteiger partial charge in [0.05, 0.1) is 29.9 Å². The molecule has 0 fully saturated rings. The fourth-order valence-corrected chi connectivity index (χ4v) is 4.75. The number of alkyl halides is 6. The number of hydrogen-bond donors (Lipinski definition) is 2. The van der Waals surface area contributed by atoms with E-state index in [9.17, 15) is 35.9 Å². The molecule has 3 N–H and O–H groups in total. The van der Waals surface area contributed by atoms with Crippen LogP contribution in [0.3, 0.4) is 0 Å². The summed E-state index contributed by atoms with van der Waals surface area (Å²) in [5.74, 6) is -1.06. The number of nitrogens with zero attached hydrogens (tertiary/aromatic N) is 1. The van der Waals surface area contributed by atoms with Crippen LogP contribution >= 0.6 is 0 Å². The maximum absolute atomic E-state index is 13.6. The number of aromatic nitrogens is 1. The highest BCUT2D eigenvalue weighted by Gasteiger charge is 2.40. The van der Waals surface area contributed by atoms with Crippen LogP contribution in [0.2, 0.25) is 0 Å². The molecule has 0 aliphatic heterocycles. The molecule has 37 heavy (non-hydrogen) atoms. The molecular formula is C26H24F7N2O2+. The van der Waals surface area contributed by atoms with Gasteiger partial charge in [-0.15, -0.1) is 0 Å². The summed E-state index contributed by atoms with van der Waals surface area (Å²) in [4.78, 5) is 0. The molecule has 11 heteroatoms. The van der Waals surface area contributed by atoms with E-state index in [4.69, 9.17) is 10.5 Å². The lowest BCUT2D eigenvalue weighted by Gasteiger charge is -2.34. The van der Waals surface area contributed by atoms with E-state index in [2.05, 4.69) is 0 Å². The number of pyridine rings is 1. The molecule has 2 aromatic carbocycles. The lowest BCUT2D eigenvalue weighted by molar-refractivity contribution is -0.914. The third kappa shape index (κ3) is 5.57. The Morgan fingerprint density at radius 1 is 0.973 bits per heavy atom. The predicted octanol–water partition coefficient (Wildman–Crippen LogP) is 6.07. The van der Waals surface area contributed by atoms with Gasteiger partial charge in [0.2, 0.25) is 11.4 Å². The van der Waals surface area contributed by atoms with Gasteiger partial charge in [-0.3, -0.25) is 5.21 Å². The van der Waals surface area contributed by atoms with E-state index in [-0.39, 0.29) is 18.2 Å². The smallest absolute Gasteiger partial charge is 0.370 e. The average Bonchev–Trinajstić information content (AvgIpc) is 2.83. The maximum Gasteiger partial charge on any atom is 0.416 e. The molecule has 0 bridgehead atoms. The second kappa shape index (κ2) is 9.94. The predicted molar refractivity (Wildman–Crippen MR) is 118 cm³/mol. The first kappa shape index (κ1) is 26.9. The van der Waals surface area contributed by atoms with Gasteiger partial charge in [-0.25, -0.2) is 4.39 Å². The third-order valence-corrected chi connectivity index (χ3v) is 6.59. The number of nitrogens with two attached hydrogens (primary N) is 1. The van der Waals surface area contributed by atoms with E-state index in [0.29, 0.717) is 47.5 Å². The Bertz CT molecular complexity index is 1240. The molecule has 4 nitrogen and oxygen atoms in total. The zero-order valence-electron chi connectivity index (χ0n) is 19.6. The molecule has 0 unspecified atom stereocenters. The van der Waals surface area contributed by atoms with Crippen LogP contribution in [0.5, 0.6) is 0 Å². The molecule has 3 aromatic rings. The van der Waals surface area contributed by atoms with Crippen LogP contribution in [0.15, 0.2) is 54.6 Å². The van der Waals surface area contributed by atoms with E-state index in [1.54, 1.807) is 12.1 Å². The molecule has 0 saturated carbocycles. The average molecular weight is 529 g/mol. The van der Waals surface area contributed by atoms with E-state index < -0.39 is 47.4 Å². The Morgan fingerprint density at radius 2 is 1.57 bits per heavy atom. The molecule has 0 amide bonds. The summed E-state index contributed by atoms with van der Waals surface area (Å²) >= 11 is 0. The SMILES string of the molecule is C[C@@H](O[C@H]1CCc2c(ccc(CN)[n+]2O)[C@@H]1c1ccc(F)cc1)c1cc(C(F)(F)F)cc(C(F)(F)F)c1. The Labute approximate surface area is 208 Å². The van der Waals surface area contributed by atoms with Crippen molar-refractivity contribution in [3.05, 3.63) is 99.6 Å². The fraction of sp³-hybridized carbons (Fsp3) is 0.346. The molecule has 198 valence electrons. The van der Waals surface area contributed by atoms with Gasteiger partial charge in [-0.1, -0.05) is 12.1 Å². The Kier molecular flexibility index (Phi) is 7.22. The summed E-state index contributed by atoms with van der Waals surface area (Å²) in [6.07, 6.45) is -11.2. The maximum atomic E-state index is 13.6. The lowest BCUT2D eigenvalue weighted by Crippen LogP contribution is -2.45. The highest BCUT2D eigenvalue weighted by Crippen LogP contribution is 2.42. The Morgan fingerprint density at radius 3 is 2.11 bits per heavy atom. The van der Waals surface area contributed by atoms with Crippen LogP contribution in [-0.4, -0.2) is 11.3 Å². The third-order valence-electron chi connectivity index (χ3n) is 6.59. The Hall–Kier alpha value is -3.18. The number of hydrogen-bond acceptors (Lipinski definition) is 3. The van der Waals surface area contributed by atoms with Crippen molar-refractivity contribution in [3.8, 4) is 0 Å². The van der Waals surface area contributed by atoms with Gasteiger partial charge in [0.15, 0.2) is 0 Å². The van der Waals surface area contributed by atoms with Gasteiger partial charge in [-0.05, 0) is 60.9 Å². The summed E-state index contributed by atoms with van der Waals surface area (Å²) in [5.41, 5.74) is 4.80. The van der Waals surface area contributed by atoms with Gasteiger partial charge in [0.25, 0.3) is 0 Å². The number of rotatable bonds is 5. The number of fused-ring (bicyclic) bond motifs is 1. The van der Waals surface area contributed by atoms with Gasteiger partial charge < -0.3 is 10.5 Å². The monoisotopic (exact) mass is 529 g/mol. The molecule has 4 rings (SSSR count). The van der Waals surface area contributed by atoms with E-state index >= 15 is 0 Å². The molecule has 1 aromatic heterocycles. The summed E-state index contributed by atoms with van der Waals surface area (Å²) in [6, 6.07) is 10.3. The van der Waals surface area contributed by atoms with Crippen molar-refractivity contribution in [1.29, 1.82) is 0 Å². The van der Waals surface area contributed by atoms with Crippen molar-refractivity contribution in [3.63, 3.8) is 0 Å². The second-order valence-electron chi connectivity index (χ2n) is 8.97. The van der Waals surface area contributed by atoms with Crippen LogP contribution in [0, 0.1) is 5.82 Å². The van der Waals surface area contributed by atoms with Crippen LogP contribution in [0.25, 0.3) is 0 Å². The van der Waals surface area contributed by atoms with Gasteiger partial charge >= 0.3 is 12.4 Å². The standard InChI is InChI=1S/C26H24F7N2O2/c1-14(16-10-17(25(28,29)30)12-18(11-16)26(31,32)33)37-23-9-8-22-21(7-6-20(13-34)35(22)36)24(23)15-2-4-19(27)5-3-15/h2-7,10-12,14,23-24,36H,8-9,13,34H2,1H3/q+1/t14-,23+,24+/m1/s1. The molecule has 0 spiro atoms. The first-order chi connectivity index (χ1) is 17.3. The first-order valence-corrected chi connectivity index (χ1v) is 11.5. The quantitative estimate of drug-likeness (QED) is 0.240. The summed E-state index contributed by atoms with van der Waals surface area (Å²) < 4.78 is 101. The van der Waals surface area contributed by atoms with Crippen LogP contribution in [0.4, 0.5) is 30.7 Å². The number of ether oxygens (including phenoxy) is 1. The van der Waals surface area contributed by atoms with Crippen LogP contribution in [0.1, 0.15) is 64.6 Å². The highest BCUT2D eigenvalue weighted by atomic mass is 19.4. The Balaban J connectivity index is 1.74. The minimum absolute atomic E-state index is 0.0685. The topological polar surface area (TPSA) is 59.4 Å². The summed E-state index contributed by atoms with van der Waals surface area (Å²) in [5, 5.41) is 10.6. The zero-order valence-corrected chi connectivity index (χ0v) is 19.6. The van der Waals surface area contributed by atoms with Crippen molar-refractivity contribution in [1.82, 2.24) is 0 Å². The minimum Gasteiger partial charge on any atom is -0.370 e.